The number of benzene rings is 1. The van der Waals surface area contributed by atoms with Gasteiger partial charge in [-0.25, -0.2) is 4.79 Å². The van der Waals surface area contributed by atoms with Crippen molar-refractivity contribution in [2.24, 2.45) is 0 Å². The highest BCUT2D eigenvalue weighted by Gasteiger charge is 2.17. The number of esters is 1. The van der Waals surface area contributed by atoms with Crippen molar-refractivity contribution in [3.8, 4) is 11.4 Å². The molecule has 0 atom stereocenters. The molecule has 0 unspecified atom stereocenters. The molecule has 134 valence electrons. The number of tetrazole rings is 1. The lowest BCUT2D eigenvalue weighted by atomic mass is 10.2. The fourth-order valence-electron chi connectivity index (χ4n) is 2.09. The van der Waals surface area contributed by atoms with Crippen LogP contribution in [0.2, 0.25) is 0 Å². The number of nitrogens with one attached hydrogen (secondary N) is 1. The lowest BCUT2D eigenvalue weighted by molar-refractivity contribution is -0.117. The first kappa shape index (κ1) is 18.2. The van der Waals surface area contributed by atoms with Crippen LogP contribution in [0, 0.1) is 0 Å². The van der Waals surface area contributed by atoms with E-state index >= 15 is 0 Å². The van der Waals surface area contributed by atoms with E-state index in [0.29, 0.717) is 16.4 Å². The zero-order valence-electron chi connectivity index (χ0n) is 13.7. The fraction of sp³-hybridized carbons (Fsp3) is 0.188. The van der Waals surface area contributed by atoms with Crippen LogP contribution < -0.4 is 5.32 Å². The summed E-state index contributed by atoms with van der Waals surface area (Å²) >= 11 is 4.61. The number of carbonyl (C=O) groups excluding carboxylic acids is 2. The number of rotatable bonds is 6. The molecule has 0 fully saturated rings. The number of carbonyl (C=O) groups is 2. The average molecular weight is 436 g/mol. The molecule has 1 N–H and O–H groups in total. The van der Waals surface area contributed by atoms with Crippen molar-refractivity contribution in [1.82, 2.24) is 20.2 Å². The first-order chi connectivity index (χ1) is 12.6. The van der Waals surface area contributed by atoms with Crippen LogP contribution in [-0.2, 0) is 16.1 Å². The summed E-state index contributed by atoms with van der Waals surface area (Å²) in [4.78, 5) is 25.3. The van der Waals surface area contributed by atoms with E-state index in [0.717, 1.165) is 10.0 Å². The van der Waals surface area contributed by atoms with E-state index in [-0.39, 0.29) is 19.1 Å². The Kier molecular flexibility index (Phi) is 5.74. The van der Waals surface area contributed by atoms with Crippen molar-refractivity contribution >= 4 is 44.1 Å². The first-order valence-electron chi connectivity index (χ1n) is 7.65. The maximum Gasteiger partial charge on any atom is 0.341 e. The lowest BCUT2D eigenvalue weighted by Gasteiger charge is -2.05. The van der Waals surface area contributed by atoms with Gasteiger partial charge in [0.1, 0.15) is 11.5 Å². The number of thiophene rings is 1. The number of halogens is 1. The number of amides is 1. The fourth-order valence-corrected chi connectivity index (χ4v) is 3.15. The molecule has 0 saturated carbocycles. The van der Waals surface area contributed by atoms with Crippen LogP contribution in [0.25, 0.3) is 11.4 Å². The van der Waals surface area contributed by atoms with Crippen LogP contribution in [0.4, 0.5) is 5.00 Å². The molecule has 0 aliphatic heterocycles. The summed E-state index contributed by atoms with van der Waals surface area (Å²) in [5.74, 6) is -0.410. The van der Waals surface area contributed by atoms with Crippen molar-refractivity contribution in [3.05, 3.63) is 45.7 Å². The van der Waals surface area contributed by atoms with Crippen molar-refractivity contribution in [2.75, 3.05) is 11.9 Å². The van der Waals surface area contributed by atoms with Gasteiger partial charge < -0.3 is 10.1 Å². The van der Waals surface area contributed by atoms with E-state index in [9.17, 15) is 9.59 Å². The van der Waals surface area contributed by atoms with Crippen molar-refractivity contribution in [1.29, 1.82) is 0 Å². The highest BCUT2D eigenvalue weighted by Crippen LogP contribution is 2.24. The molecule has 3 aromatic rings. The summed E-state index contributed by atoms with van der Waals surface area (Å²) < 4.78 is 5.91. The minimum atomic E-state index is -0.472. The number of hydrogen-bond acceptors (Lipinski definition) is 7. The SMILES string of the molecule is CCOC(=O)c1ccsc1NC(=O)Cn1nnc(-c2ccc(Br)cc2)n1. The van der Waals surface area contributed by atoms with E-state index in [1.807, 2.05) is 24.3 Å². The van der Waals surface area contributed by atoms with Crippen LogP contribution in [0.15, 0.2) is 40.2 Å². The molecule has 0 aliphatic carbocycles. The molecule has 2 aromatic heterocycles. The van der Waals surface area contributed by atoms with E-state index in [2.05, 4.69) is 36.7 Å². The predicted octanol–water partition coefficient (Wildman–Crippen LogP) is 2.98. The summed E-state index contributed by atoms with van der Waals surface area (Å²) in [5, 5.41) is 16.9. The Morgan fingerprint density at radius 2 is 2.04 bits per heavy atom. The van der Waals surface area contributed by atoms with Crippen LogP contribution in [0.5, 0.6) is 0 Å². The van der Waals surface area contributed by atoms with Gasteiger partial charge in [-0.2, -0.15) is 4.80 Å². The molecular formula is C16H14BrN5O3S. The van der Waals surface area contributed by atoms with E-state index < -0.39 is 5.97 Å². The maximum atomic E-state index is 12.2. The van der Waals surface area contributed by atoms with Gasteiger partial charge in [0.05, 0.1) is 12.2 Å². The van der Waals surface area contributed by atoms with Gasteiger partial charge in [-0.3, -0.25) is 4.79 Å². The van der Waals surface area contributed by atoms with Gasteiger partial charge in [-0.15, -0.1) is 21.5 Å². The van der Waals surface area contributed by atoms with Gasteiger partial charge in [0, 0.05) is 10.0 Å². The minimum Gasteiger partial charge on any atom is -0.462 e. The Bertz CT molecular complexity index is 922. The predicted molar refractivity (Wildman–Crippen MR) is 99.9 cm³/mol. The summed E-state index contributed by atoms with van der Waals surface area (Å²) in [6, 6.07) is 9.05. The molecule has 0 aliphatic rings. The van der Waals surface area contributed by atoms with Crippen molar-refractivity contribution in [2.45, 2.75) is 13.5 Å². The first-order valence-corrected chi connectivity index (χ1v) is 9.32. The van der Waals surface area contributed by atoms with Gasteiger partial charge in [0.15, 0.2) is 0 Å². The van der Waals surface area contributed by atoms with Gasteiger partial charge >= 0.3 is 5.97 Å². The highest BCUT2D eigenvalue weighted by molar-refractivity contribution is 9.10. The molecule has 8 nitrogen and oxygen atoms in total. The van der Waals surface area contributed by atoms with E-state index in [1.165, 1.54) is 16.1 Å². The zero-order valence-corrected chi connectivity index (χ0v) is 16.1. The Morgan fingerprint density at radius 1 is 1.27 bits per heavy atom. The normalized spacial score (nSPS) is 10.5. The van der Waals surface area contributed by atoms with Crippen LogP contribution in [0.1, 0.15) is 17.3 Å². The standard InChI is InChI=1S/C16H14BrN5O3S/c1-2-25-16(24)12-7-8-26-15(12)18-13(23)9-22-20-14(19-21-22)10-3-5-11(17)6-4-10/h3-8H,2,9H2,1H3,(H,18,23). The molecular weight excluding hydrogens is 422 g/mol. The molecule has 3 rings (SSSR count). The van der Waals surface area contributed by atoms with Gasteiger partial charge in [-0.1, -0.05) is 15.9 Å². The van der Waals surface area contributed by atoms with Gasteiger partial charge in [0.2, 0.25) is 11.7 Å². The van der Waals surface area contributed by atoms with Crippen molar-refractivity contribution in [3.63, 3.8) is 0 Å². The molecule has 0 radical (unpaired) electrons. The number of aromatic nitrogens is 4. The second-order valence-electron chi connectivity index (χ2n) is 5.08. The van der Waals surface area contributed by atoms with E-state index in [4.69, 9.17) is 4.74 Å². The molecule has 10 heteroatoms. The minimum absolute atomic E-state index is 0.121. The largest absolute Gasteiger partial charge is 0.462 e. The molecule has 0 spiro atoms. The number of ether oxygens (including phenoxy) is 1. The van der Waals surface area contributed by atoms with Crippen LogP contribution >= 0.6 is 27.3 Å². The summed E-state index contributed by atoms with van der Waals surface area (Å²) in [6.45, 7) is 1.87. The second-order valence-corrected chi connectivity index (χ2v) is 6.91. The smallest absolute Gasteiger partial charge is 0.341 e. The molecule has 0 bridgehead atoms. The Morgan fingerprint density at radius 3 is 2.77 bits per heavy atom. The molecule has 0 saturated heterocycles. The third-order valence-corrected chi connectivity index (χ3v) is 4.61. The van der Waals surface area contributed by atoms with Crippen molar-refractivity contribution < 1.29 is 14.3 Å². The third kappa shape index (κ3) is 4.33. The maximum absolute atomic E-state index is 12.2. The average Bonchev–Trinajstić information content (AvgIpc) is 3.25. The van der Waals surface area contributed by atoms with E-state index in [1.54, 1.807) is 18.4 Å². The Hall–Kier alpha value is -2.59. The number of nitrogens with zero attached hydrogens (tertiary/aromatic N) is 4. The second kappa shape index (κ2) is 8.19. The molecule has 2 heterocycles. The topological polar surface area (TPSA) is 99.0 Å². The molecule has 1 aromatic carbocycles. The van der Waals surface area contributed by atoms with Gasteiger partial charge in [0.25, 0.3) is 0 Å². The monoisotopic (exact) mass is 435 g/mol. The third-order valence-electron chi connectivity index (χ3n) is 3.25. The molecule has 26 heavy (non-hydrogen) atoms. The zero-order chi connectivity index (χ0) is 18.5. The number of hydrogen-bond donors (Lipinski definition) is 1. The highest BCUT2D eigenvalue weighted by atomic mass is 79.9. The Balaban J connectivity index is 1.65. The van der Waals surface area contributed by atoms with Gasteiger partial charge in [-0.05, 0) is 47.8 Å². The Labute approximate surface area is 161 Å². The quantitative estimate of drug-likeness (QED) is 0.597. The number of anilines is 1. The summed E-state index contributed by atoms with van der Waals surface area (Å²) in [5.41, 5.74) is 1.12. The lowest BCUT2D eigenvalue weighted by Crippen LogP contribution is -2.21. The summed E-state index contributed by atoms with van der Waals surface area (Å²) in [7, 11) is 0. The van der Waals surface area contributed by atoms with Crippen LogP contribution in [0.3, 0.4) is 0 Å². The summed E-state index contributed by atoms with van der Waals surface area (Å²) in [6.07, 6.45) is 0. The molecule has 1 amide bonds. The van der Waals surface area contributed by atoms with Crippen LogP contribution in [-0.4, -0.2) is 38.7 Å².